The van der Waals surface area contributed by atoms with Gasteiger partial charge in [0.05, 0.1) is 18.5 Å². The summed E-state index contributed by atoms with van der Waals surface area (Å²) < 4.78 is 7.07. The molecule has 29 heavy (non-hydrogen) atoms. The van der Waals surface area contributed by atoms with Crippen LogP contribution in [0, 0.1) is 13.8 Å². The molecule has 0 N–H and O–H groups in total. The maximum atomic E-state index is 13.0. The second-order valence-corrected chi connectivity index (χ2v) is 7.09. The van der Waals surface area contributed by atoms with Gasteiger partial charge in [0.25, 0.3) is 0 Å². The van der Waals surface area contributed by atoms with Crippen LogP contribution in [0.5, 0.6) is 5.75 Å². The van der Waals surface area contributed by atoms with E-state index in [1.807, 2.05) is 78.3 Å². The maximum absolute atomic E-state index is 13.0. The molecule has 0 radical (unpaired) electrons. The van der Waals surface area contributed by atoms with E-state index in [0.29, 0.717) is 11.3 Å². The zero-order chi connectivity index (χ0) is 20.4. The van der Waals surface area contributed by atoms with Crippen LogP contribution in [0.1, 0.15) is 27.2 Å². The molecule has 0 aliphatic carbocycles. The van der Waals surface area contributed by atoms with Crippen molar-refractivity contribution in [2.45, 2.75) is 13.8 Å². The molecule has 4 heteroatoms. The number of carbonyl (C=O) groups excluding carboxylic acids is 1. The molecule has 0 saturated carbocycles. The van der Waals surface area contributed by atoms with Gasteiger partial charge in [0.1, 0.15) is 11.4 Å². The second-order valence-electron chi connectivity index (χ2n) is 7.09. The van der Waals surface area contributed by atoms with Gasteiger partial charge < -0.3 is 4.74 Å². The number of ether oxygens (including phenoxy) is 1. The molecule has 144 valence electrons. The Labute approximate surface area is 170 Å². The molecule has 3 aromatic carbocycles. The van der Waals surface area contributed by atoms with Gasteiger partial charge in [-0.2, -0.15) is 5.10 Å². The molecule has 1 aromatic heterocycles. The molecule has 0 spiro atoms. The van der Waals surface area contributed by atoms with Gasteiger partial charge in [-0.05, 0) is 44.2 Å². The third-order valence-corrected chi connectivity index (χ3v) is 4.92. The number of aromatic nitrogens is 2. The molecule has 4 aromatic rings. The summed E-state index contributed by atoms with van der Waals surface area (Å²) in [4.78, 5) is 13.0. The minimum absolute atomic E-state index is 0.0920. The predicted octanol–water partition coefficient (Wildman–Crippen LogP) is 5.40. The summed E-state index contributed by atoms with van der Waals surface area (Å²) in [6.07, 6.45) is 0. The molecule has 0 bridgehead atoms. The van der Waals surface area contributed by atoms with Crippen molar-refractivity contribution in [3.05, 3.63) is 101 Å². The highest BCUT2D eigenvalue weighted by Gasteiger charge is 2.18. The fraction of sp³-hybridized carbons (Fsp3) is 0.120. The predicted molar refractivity (Wildman–Crippen MR) is 115 cm³/mol. The lowest BCUT2D eigenvalue weighted by Gasteiger charge is -2.09. The molecule has 0 unspecified atom stereocenters. The molecule has 0 amide bonds. The zero-order valence-corrected chi connectivity index (χ0v) is 16.7. The molecular weight excluding hydrogens is 360 g/mol. The Balaban J connectivity index is 1.82. The Hall–Kier alpha value is -3.66. The molecule has 4 nitrogen and oxygen atoms in total. The van der Waals surface area contributed by atoms with E-state index in [1.54, 1.807) is 7.11 Å². The first kappa shape index (κ1) is 18.7. The van der Waals surface area contributed by atoms with Crippen molar-refractivity contribution in [1.82, 2.24) is 9.78 Å². The van der Waals surface area contributed by atoms with Gasteiger partial charge in [0.2, 0.25) is 5.78 Å². The van der Waals surface area contributed by atoms with E-state index >= 15 is 0 Å². The molecule has 0 aliphatic heterocycles. The topological polar surface area (TPSA) is 44.1 Å². The number of benzene rings is 3. The van der Waals surface area contributed by atoms with E-state index in [0.717, 1.165) is 28.3 Å². The minimum atomic E-state index is -0.0920. The van der Waals surface area contributed by atoms with Gasteiger partial charge in [-0.15, -0.1) is 0 Å². The first-order valence-electron chi connectivity index (χ1n) is 9.48. The summed E-state index contributed by atoms with van der Waals surface area (Å²) in [6, 6.07) is 25.3. The third-order valence-electron chi connectivity index (χ3n) is 4.92. The minimum Gasteiger partial charge on any atom is -0.497 e. The Morgan fingerprint density at radius 2 is 1.41 bits per heavy atom. The van der Waals surface area contributed by atoms with Crippen molar-refractivity contribution >= 4 is 5.78 Å². The first-order valence-corrected chi connectivity index (χ1v) is 9.48. The average Bonchev–Trinajstić information content (AvgIpc) is 3.20. The number of nitrogens with zero attached hydrogens (tertiary/aromatic N) is 2. The highest BCUT2D eigenvalue weighted by molar-refractivity contribution is 6.08. The summed E-state index contributed by atoms with van der Waals surface area (Å²) in [5.41, 5.74) is 6.08. The van der Waals surface area contributed by atoms with E-state index in [4.69, 9.17) is 4.74 Å². The van der Waals surface area contributed by atoms with Crippen LogP contribution in [0.25, 0.3) is 16.9 Å². The maximum Gasteiger partial charge on any atom is 0.213 e. The van der Waals surface area contributed by atoms with Crippen LogP contribution in [0.2, 0.25) is 0 Å². The van der Waals surface area contributed by atoms with Crippen molar-refractivity contribution in [2.75, 3.05) is 7.11 Å². The zero-order valence-electron chi connectivity index (χ0n) is 16.7. The van der Waals surface area contributed by atoms with Gasteiger partial charge in [-0.1, -0.05) is 59.7 Å². The molecule has 0 saturated heterocycles. The smallest absolute Gasteiger partial charge is 0.213 e. The number of ketones is 1. The molecule has 4 rings (SSSR count). The van der Waals surface area contributed by atoms with Gasteiger partial charge in [-0.3, -0.25) is 4.79 Å². The van der Waals surface area contributed by atoms with Crippen molar-refractivity contribution in [3.63, 3.8) is 0 Å². The molecule has 0 aliphatic rings. The van der Waals surface area contributed by atoms with Crippen LogP contribution in [0.15, 0.2) is 78.9 Å². The molecular formula is C25H22N2O2. The summed E-state index contributed by atoms with van der Waals surface area (Å²) in [7, 11) is 1.64. The SMILES string of the molecule is COc1ccc(-n2nc(C(=O)c3ccc(C)cc3)cc2-c2ccc(C)cc2)cc1. The molecule has 0 fully saturated rings. The van der Waals surface area contributed by atoms with Crippen molar-refractivity contribution in [3.8, 4) is 22.7 Å². The Morgan fingerprint density at radius 1 is 0.828 bits per heavy atom. The lowest BCUT2D eigenvalue weighted by molar-refractivity contribution is 0.103. The highest BCUT2D eigenvalue weighted by Crippen LogP contribution is 2.26. The number of methoxy groups -OCH3 is 1. The molecule has 1 heterocycles. The van der Waals surface area contributed by atoms with E-state index in [-0.39, 0.29) is 5.78 Å². The van der Waals surface area contributed by atoms with E-state index in [1.165, 1.54) is 5.56 Å². The lowest BCUT2D eigenvalue weighted by atomic mass is 10.0. The third kappa shape index (κ3) is 3.83. The largest absolute Gasteiger partial charge is 0.497 e. The van der Waals surface area contributed by atoms with E-state index in [9.17, 15) is 4.79 Å². The first-order chi connectivity index (χ1) is 14.0. The van der Waals surface area contributed by atoms with Crippen LogP contribution in [0.4, 0.5) is 0 Å². The Bertz CT molecular complexity index is 1140. The number of hydrogen-bond donors (Lipinski definition) is 0. The van der Waals surface area contributed by atoms with E-state index < -0.39 is 0 Å². The number of hydrogen-bond acceptors (Lipinski definition) is 3. The Morgan fingerprint density at radius 3 is 2.00 bits per heavy atom. The van der Waals surface area contributed by atoms with Crippen molar-refractivity contribution in [2.24, 2.45) is 0 Å². The quantitative estimate of drug-likeness (QED) is 0.434. The van der Waals surface area contributed by atoms with Crippen LogP contribution in [-0.2, 0) is 0 Å². The van der Waals surface area contributed by atoms with Crippen molar-refractivity contribution < 1.29 is 9.53 Å². The van der Waals surface area contributed by atoms with Gasteiger partial charge in [0.15, 0.2) is 0 Å². The van der Waals surface area contributed by atoms with Crippen LogP contribution >= 0.6 is 0 Å². The number of rotatable bonds is 5. The normalized spacial score (nSPS) is 10.7. The second kappa shape index (κ2) is 7.76. The summed E-state index contributed by atoms with van der Waals surface area (Å²) in [5, 5.41) is 4.66. The Kier molecular flexibility index (Phi) is 5.00. The summed E-state index contributed by atoms with van der Waals surface area (Å²) in [6.45, 7) is 4.05. The fourth-order valence-electron chi connectivity index (χ4n) is 3.20. The molecule has 0 atom stereocenters. The van der Waals surface area contributed by atoms with E-state index in [2.05, 4.69) is 24.2 Å². The summed E-state index contributed by atoms with van der Waals surface area (Å²) >= 11 is 0. The number of carbonyl (C=O) groups is 1. The van der Waals surface area contributed by atoms with Crippen molar-refractivity contribution in [1.29, 1.82) is 0 Å². The fourth-order valence-corrected chi connectivity index (χ4v) is 3.20. The van der Waals surface area contributed by atoms with Crippen LogP contribution < -0.4 is 4.74 Å². The highest BCUT2D eigenvalue weighted by atomic mass is 16.5. The van der Waals surface area contributed by atoms with Crippen LogP contribution in [-0.4, -0.2) is 22.7 Å². The number of aryl methyl sites for hydroxylation is 2. The van der Waals surface area contributed by atoms with Gasteiger partial charge in [-0.25, -0.2) is 4.68 Å². The average molecular weight is 382 g/mol. The monoisotopic (exact) mass is 382 g/mol. The summed E-state index contributed by atoms with van der Waals surface area (Å²) in [5.74, 6) is 0.680. The van der Waals surface area contributed by atoms with Crippen LogP contribution in [0.3, 0.4) is 0 Å². The standard InChI is InChI=1S/C25H22N2O2/c1-17-4-8-19(9-5-17)24-16-23(25(28)20-10-6-18(2)7-11-20)26-27(24)21-12-14-22(29-3)15-13-21/h4-16H,1-3H3. The lowest BCUT2D eigenvalue weighted by Crippen LogP contribution is -2.04. The van der Waals surface area contributed by atoms with Gasteiger partial charge >= 0.3 is 0 Å². The van der Waals surface area contributed by atoms with Gasteiger partial charge in [0, 0.05) is 11.1 Å².